The fourth-order valence-corrected chi connectivity index (χ4v) is 3.33. The van der Waals surface area contributed by atoms with E-state index in [0.717, 1.165) is 30.7 Å². The Labute approximate surface area is 129 Å². The van der Waals surface area contributed by atoms with E-state index >= 15 is 0 Å². The highest BCUT2D eigenvalue weighted by atomic mass is 16.5. The normalized spacial score (nSPS) is 23.5. The fourth-order valence-electron chi connectivity index (χ4n) is 3.33. The first-order valence-electron chi connectivity index (χ1n) is 7.90. The third kappa shape index (κ3) is 3.40. The summed E-state index contributed by atoms with van der Waals surface area (Å²) in [7, 11) is 0. The molecule has 3 rings (SSSR count). The number of carboxylic acid groups (broad SMARTS) is 1. The van der Waals surface area contributed by atoms with Gasteiger partial charge in [0, 0.05) is 24.6 Å². The van der Waals surface area contributed by atoms with Crippen LogP contribution < -0.4 is 10.1 Å². The number of carbonyl (C=O) groups excluding carboxylic acids is 1. The molecule has 0 atom stereocenters. The zero-order valence-corrected chi connectivity index (χ0v) is 12.5. The predicted octanol–water partition coefficient (Wildman–Crippen LogP) is 2.84. The molecular weight excluding hydrogens is 282 g/mol. The minimum atomic E-state index is -0.707. The predicted molar refractivity (Wildman–Crippen MR) is 82.0 cm³/mol. The van der Waals surface area contributed by atoms with Gasteiger partial charge in [0.25, 0.3) is 0 Å². The monoisotopic (exact) mass is 303 g/mol. The van der Waals surface area contributed by atoms with Crippen LogP contribution >= 0.6 is 0 Å². The van der Waals surface area contributed by atoms with Crippen LogP contribution in [0.4, 0.5) is 5.69 Å². The summed E-state index contributed by atoms with van der Waals surface area (Å²) >= 11 is 0. The van der Waals surface area contributed by atoms with Crippen LogP contribution in [-0.2, 0) is 16.0 Å². The van der Waals surface area contributed by atoms with Crippen LogP contribution in [0.2, 0.25) is 0 Å². The minimum absolute atomic E-state index is 0.00304. The molecule has 1 amide bonds. The SMILES string of the molecule is O=C(CC1CCC(C(=O)O)CC1)Nc1ccc2c(c1)OCC2. The lowest BCUT2D eigenvalue weighted by Crippen LogP contribution is -2.24. The van der Waals surface area contributed by atoms with Crippen molar-refractivity contribution in [2.75, 3.05) is 11.9 Å². The summed E-state index contributed by atoms with van der Waals surface area (Å²) in [6, 6.07) is 5.78. The number of carbonyl (C=O) groups is 2. The molecule has 1 aromatic rings. The Morgan fingerprint density at radius 2 is 2.00 bits per heavy atom. The Balaban J connectivity index is 1.50. The molecule has 2 N–H and O–H groups in total. The van der Waals surface area contributed by atoms with Gasteiger partial charge in [0.05, 0.1) is 12.5 Å². The number of aliphatic carboxylic acids is 1. The second kappa shape index (κ2) is 6.38. The van der Waals surface area contributed by atoms with Gasteiger partial charge >= 0.3 is 5.97 Å². The van der Waals surface area contributed by atoms with Crippen molar-refractivity contribution in [3.63, 3.8) is 0 Å². The van der Waals surface area contributed by atoms with Crippen molar-refractivity contribution >= 4 is 17.6 Å². The first-order chi connectivity index (χ1) is 10.6. The summed E-state index contributed by atoms with van der Waals surface area (Å²) < 4.78 is 5.50. The van der Waals surface area contributed by atoms with Gasteiger partial charge in [-0.05, 0) is 43.2 Å². The topological polar surface area (TPSA) is 75.6 Å². The quantitative estimate of drug-likeness (QED) is 0.897. The van der Waals surface area contributed by atoms with Crippen molar-refractivity contribution in [3.05, 3.63) is 23.8 Å². The molecule has 1 heterocycles. The maximum absolute atomic E-state index is 12.1. The van der Waals surface area contributed by atoms with Crippen LogP contribution in [0.1, 0.15) is 37.7 Å². The number of ether oxygens (including phenoxy) is 1. The molecule has 2 aliphatic rings. The molecule has 5 nitrogen and oxygen atoms in total. The lowest BCUT2D eigenvalue weighted by atomic mass is 9.80. The van der Waals surface area contributed by atoms with E-state index in [1.807, 2.05) is 18.2 Å². The van der Waals surface area contributed by atoms with Gasteiger partial charge in [0.1, 0.15) is 5.75 Å². The number of rotatable bonds is 4. The Morgan fingerprint density at radius 3 is 2.73 bits per heavy atom. The molecule has 0 spiro atoms. The molecule has 0 unspecified atom stereocenters. The second-order valence-corrected chi connectivity index (χ2v) is 6.23. The first kappa shape index (κ1) is 14.9. The summed E-state index contributed by atoms with van der Waals surface area (Å²) in [5.41, 5.74) is 1.95. The number of benzene rings is 1. The fraction of sp³-hybridized carbons (Fsp3) is 0.529. The number of amides is 1. The van der Waals surface area contributed by atoms with Crippen molar-refractivity contribution < 1.29 is 19.4 Å². The van der Waals surface area contributed by atoms with Crippen LogP contribution in [0.25, 0.3) is 0 Å². The van der Waals surface area contributed by atoms with Crippen LogP contribution in [0.15, 0.2) is 18.2 Å². The van der Waals surface area contributed by atoms with E-state index in [1.54, 1.807) is 0 Å². The van der Waals surface area contributed by atoms with Gasteiger partial charge in [-0.3, -0.25) is 9.59 Å². The maximum atomic E-state index is 12.1. The molecule has 0 saturated heterocycles. The number of hydrogen-bond donors (Lipinski definition) is 2. The van der Waals surface area contributed by atoms with Crippen molar-refractivity contribution in [2.24, 2.45) is 11.8 Å². The van der Waals surface area contributed by atoms with E-state index in [0.29, 0.717) is 31.8 Å². The van der Waals surface area contributed by atoms with E-state index in [2.05, 4.69) is 5.32 Å². The first-order valence-corrected chi connectivity index (χ1v) is 7.90. The molecule has 0 bridgehead atoms. The summed E-state index contributed by atoms with van der Waals surface area (Å²) in [5, 5.41) is 11.9. The highest BCUT2D eigenvalue weighted by Gasteiger charge is 2.27. The largest absolute Gasteiger partial charge is 0.493 e. The van der Waals surface area contributed by atoms with Gasteiger partial charge < -0.3 is 15.2 Å². The van der Waals surface area contributed by atoms with E-state index in [-0.39, 0.29) is 11.8 Å². The molecule has 1 fully saturated rings. The van der Waals surface area contributed by atoms with Gasteiger partial charge in [-0.2, -0.15) is 0 Å². The van der Waals surface area contributed by atoms with Crippen molar-refractivity contribution in [3.8, 4) is 5.75 Å². The molecule has 118 valence electrons. The number of fused-ring (bicyclic) bond motifs is 1. The Kier molecular flexibility index (Phi) is 4.32. The highest BCUT2D eigenvalue weighted by Crippen LogP contribution is 2.32. The Hall–Kier alpha value is -2.04. The van der Waals surface area contributed by atoms with E-state index in [9.17, 15) is 9.59 Å². The van der Waals surface area contributed by atoms with Crippen LogP contribution in [-0.4, -0.2) is 23.6 Å². The molecule has 0 aromatic heterocycles. The van der Waals surface area contributed by atoms with Gasteiger partial charge in [0.15, 0.2) is 0 Å². The Morgan fingerprint density at radius 1 is 1.23 bits per heavy atom. The molecule has 5 heteroatoms. The maximum Gasteiger partial charge on any atom is 0.306 e. The van der Waals surface area contributed by atoms with Crippen molar-refractivity contribution in [1.29, 1.82) is 0 Å². The number of hydrogen-bond acceptors (Lipinski definition) is 3. The second-order valence-electron chi connectivity index (χ2n) is 6.23. The summed E-state index contributed by atoms with van der Waals surface area (Å²) in [5.74, 6) is 0.215. The molecule has 0 radical (unpaired) electrons. The zero-order chi connectivity index (χ0) is 15.5. The molecule has 1 aromatic carbocycles. The van der Waals surface area contributed by atoms with Gasteiger partial charge in [-0.1, -0.05) is 6.07 Å². The number of nitrogens with one attached hydrogen (secondary N) is 1. The zero-order valence-electron chi connectivity index (χ0n) is 12.5. The van der Waals surface area contributed by atoms with Gasteiger partial charge in [-0.15, -0.1) is 0 Å². The van der Waals surface area contributed by atoms with E-state index in [1.165, 1.54) is 5.56 Å². The van der Waals surface area contributed by atoms with Crippen molar-refractivity contribution in [2.45, 2.75) is 38.5 Å². The molecule has 1 saturated carbocycles. The average Bonchev–Trinajstić information content (AvgIpc) is 2.95. The minimum Gasteiger partial charge on any atom is -0.493 e. The standard InChI is InChI=1S/C17H21NO4/c19-16(9-11-1-3-13(4-2-11)17(20)21)18-14-6-5-12-7-8-22-15(12)10-14/h5-6,10-11,13H,1-4,7-9H2,(H,18,19)(H,20,21). The summed E-state index contributed by atoms with van der Waals surface area (Å²) in [4.78, 5) is 23.1. The summed E-state index contributed by atoms with van der Waals surface area (Å²) in [6.45, 7) is 0.708. The van der Waals surface area contributed by atoms with Gasteiger partial charge in [0.2, 0.25) is 5.91 Å². The lowest BCUT2D eigenvalue weighted by molar-refractivity contribution is -0.143. The third-order valence-corrected chi connectivity index (χ3v) is 4.65. The van der Waals surface area contributed by atoms with E-state index in [4.69, 9.17) is 9.84 Å². The lowest BCUT2D eigenvalue weighted by Gasteiger charge is -2.25. The van der Waals surface area contributed by atoms with Crippen molar-refractivity contribution in [1.82, 2.24) is 0 Å². The molecule has 22 heavy (non-hydrogen) atoms. The number of anilines is 1. The smallest absolute Gasteiger partial charge is 0.306 e. The van der Waals surface area contributed by atoms with Gasteiger partial charge in [-0.25, -0.2) is 0 Å². The van der Waals surface area contributed by atoms with Crippen LogP contribution in [0.5, 0.6) is 5.75 Å². The Bertz CT molecular complexity index is 576. The molecule has 1 aliphatic heterocycles. The van der Waals surface area contributed by atoms with Crippen LogP contribution in [0, 0.1) is 11.8 Å². The highest BCUT2D eigenvalue weighted by molar-refractivity contribution is 5.91. The number of carboxylic acids is 1. The molecule has 1 aliphatic carbocycles. The van der Waals surface area contributed by atoms with Crippen LogP contribution in [0.3, 0.4) is 0 Å². The third-order valence-electron chi connectivity index (χ3n) is 4.65. The summed E-state index contributed by atoms with van der Waals surface area (Å²) in [6.07, 6.45) is 4.38. The van der Waals surface area contributed by atoms with E-state index < -0.39 is 5.97 Å². The molecular formula is C17H21NO4. The average molecular weight is 303 g/mol.